The van der Waals surface area contributed by atoms with Crippen LogP contribution in [0.2, 0.25) is 0 Å². The highest BCUT2D eigenvalue weighted by Gasteiger charge is 2.46. The molecule has 0 spiro atoms. The number of rotatable bonds is 48. The van der Waals surface area contributed by atoms with Crippen LogP contribution in [0.3, 0.4) is 0 Å². The molecule has 0 aromatic rings. The van der Waals surface area contributed by atoms with Crippen LogP contribution in [0, 0.1) is 0 Å². The zero-order valence-corrected chi connectivity index (χ0v) is 43.1. The smallest absolute Gasteiger partial charge is 0.306 e. The molecule has 1 rings (SSSR count). The number of aliphatic hydroxyl groups excluding tert-OH is 3. The number of carbonyl (C=O) groups excluding carboxylic acids is 2. The van der Waals surface area contributed by atoms with Gasteiger partial charge in [-0.3, -0.25) is 14.1 Å². The van der Waals surface area contributed by atoms with E-state index in [0.717, 1.165) is 38.5 Å². The second-order valence-corrected chi connectivity index (χ2v) is 21.1. The van der Waals surface area contributed by atoms with Crippen LogP contribution < -0.4 is 0 Å². The zero-order valence-electron chi connectivity index (χ0n) is 42.3. The van der Waals surface area contributed by atoms with Gasteiger partial charge < -0.3 is 34.3 Å². The fourth-order valence-corrected chi connectivity index (χ4v) is 9.61. The topological polar surface area (TPSA) is 186 Å². The lowest BCUT2D eigenvalue weighted by atomic mass is 10.00. The van der Waals surface area contributed by atoms with E-state index in [1.807, 2.05) is 0 Å². The van der Waals surface area contributed by atoms with Gasteiger partial charge >= 0.3 is 11.9 Å². The number of esters is 2. The predicted octanol–water partition coefficient (Wildman–Crippen LogP) is 12.8. The van der Waals surface area contributed by atoms with Crippen molar-refractivity contribution < 1.29 is 56.8 Å². The Bertz CT molecular complexity index is 1220. The van der Waals surface area contributed by atoms with E-state index in [9.17, 15) is 37.9 Å². The summed E-state index contributed by atoms with van der Waals surface area (Å²) in [7, 11) is -4.60. The predicted molar refractivity (Wildman–Crippen MR) is 266 cm³/mol. The maximum atomic E-state index is 12.9. The number of ether oxygens (including phenoxy) is 4. The van der Waals surface area contributed by atoms with Gasteiger partial charge in [0.1, 0.15) is 36.8 Å². The third-order valence-corrected chi connectivity index (χ3v) is 13.9. The van der Waals surface area contributed by atoms with Crippen molar-refractivity contribution in [1.82, 2.24) is 0 Å². The molecule has 0 aliphatic carbocycles. The third-order valence-electron chi connectivity index (χ3n) is 13.2. The van der Waals surface area contributed by atoms with Gasteiger partial charge in [-0.2, -0.15) is 8.42 Å². The second-order valence-electron chi connectivity index (χ2n) is 19.6. The van der Waals surface area contributed by atoms with Gasteiger partial charge in [0.05, 0.1) is 6.61 Å². The summed E-state index contributed by atoms with van der Waals surface area (Å²) in [6.45, 7) is 3.83. The number of unbranched alkanes of at least 4 members (excludes halogenated alkanes) is 36. The van der Waals surface area contributed by atoms with Crippen LogP contribution in [0.4, 0.5) is 0 Å². The molecule has 1 aliphatic rings. The van der Waals surface area contributed by atoms with Gasteiger partial charge in [0.15, 0.2) is 12.4 Å². The van der Waals surface area contributed by atoms with E-state index in [0.29, 0.717) is 12.8 Å². The van der Waals surface area contributed by atoms with Crippen LogP contribution >= 0.6 is 0 Å². The Balaban J connectivity index is 2.32. The lowest BCUT2D eigenvalue weighted by Crippen LogP contribution is -2.60. The highest BCUT2D eigenvalue weighted by Crippen LogP contribution is 2.24. The minimum atomic E-state index is -4.60. The average molecular weight is 963 g/mol. The van der Waals surface area contributed by atoms with Gasteiger partial charge in [-0.25, -0.2) is 0 Å². The van der Waals surface area contributed by atoms with Crippen LogP contribution in [0.25, 0.3) is 0 Å². The van der Waals surface area contributed by atoms with Crippen LogP contribution in [0.15, 0.2) is 0 Å². The van der Waals surface area contributed by atoms with Crippen LogP contribution in [0.5, 0.6) is 0 Å². The van der Waals surface area contributed by atoms with E-state index < -0.39 is 71.2 Å². The molecule has 1 fully saturated rings. The van der Waals surface area contributed by atoms with E-state index in [1.54, 1.807) is 0 Å². The average Bonchev–Trinajstić information content (AvgIpc) is 3.28. The monoisotopic (exact) mass is 963 g/mol. The fraction of sp³-hybridized carbons (Fsp3) is 0.962. The molecule has 1 saturated heterocycles. The first-order valence-electron chi connectivity index (χ1n) is 27.6. The summed E-state index contributed by atoms with van der Waals surface area (Å²) in [6, 6.07) is 0. The van der Waals surface area contributed by atoms with Crippen molar-refractivity contribution in [3.63, 3.8) is 0 Å². The summed E-state index contributed by atoms with van der Waals surface area (Å²) in [5.41, 5.74) is 0. The largest absolute Gasteiger partial charge is 0.462 e. The van der Waals surface area contributed by atoms with E-state index in [2.05, 4.69) is 13.8 Å². The van der Waals surface area contributed by atoms with Crippen molar-refractivity contribution >= 4 is 22.1 Å². The first-order chi connectivity index (χ1) is 32.0. The molecule has 13 heteroatoms. The molecular formula is C53H102O12S. The molecule has 0 aromatic carbocycles. The van der Waals surface area contributed by atoms with Crippen LogP contribution in [0.1, 0.15) is 271 Å². The molecule has 0 amide bonds. The minimum absolute atomic E-state index is 0.173. The van der Waals surface area contributed by atoms with Gasteiger partial charge in [0.2, 0.25) is 0 Å². The number of carbonyl (C=O) groups is 2. The first-order valence-corrected chi connectivity index (χ1v) is 29.2. The van der Waals surface area contributed by atoms with Crippen molar-refractivity contribution in [3.8, 4) is 0 Å². The van der Waals surface area contributed by atoms with E-state index in [4.69, 9.17) is 18.9 Å². The van der Waals surface area contributed by atoms with Gasteiger partial charge in [-0.05, 0) is 12.8 Å². The Kier molecular flexibility index (Phi) is 41.4. The van der Waals surface area contributed by atoms with E-state index in [1.165, 1.54) is 193 Å². The standard InChI is InChI=1S/C53H102O12S/c1-3-5-7-9-11-13-15-17-19-21-22-23-24-26-28-30-32-34-36-38-40-42-49(55)64-46(44-63-53-52(58)51(57)50(56)47(65-53)45-66(59,60)61)43-62-48(54)41-39-37-35-33-31-29-27-25-20-18-16-14-12-10-8-6-4-2/h46-47,50-53,56-58H,3-45H2,1-2H3,(H,59,60,61). The fourth-order valence-electron chi connectivity index (χ4n) is 8.92. The molecule has 0 radical (unpaired) electrons. The second kappa shape index (κ2) is 43.7. The number of aliphatic hydroxyl groups is 3. The number of hydrogen-bond donors (Lipinski definition) is 4. The van der Waals surface area contributed by atoms with Crippen molar-refractivity contribution in [2.75, 3.05) is 19.0 Å². The van der Waals surface area contributed by atoms with Crippen molar-refractivity contribution in [2.45, 2.75) is 307 Å². The molecule has 6 atom stereocenters. The highest BCUT2D eigenvalue weighted by molar-refractivity contribution is 7.85. The molecule has 4 N–H and O–H groups in total. The van der Waals surface area contributed by atoms with Crippen molar-refractivity contribution in [1.29, 1.82) is 0 Å². The Labute approximate surface area is 403 Å². The summed E-state index contributed by atoms with van der Waals surface area (Å²) in [5, 5.41) is 31.0. The molecule has 12 nitrogen and oxygen atoms in total. The van der Waals surface area contributed by atoms with E-state index in [-0.39, 0.29) is 19.4 Å². The Hall–Kier alpha value is -1.35. The molecule has 0 saturated carbocycles. The van der Waals surface area contributed by atoms with E-state index >= 15 is 0 Å². The summed E-state index contributed by atoms with van der Waals surface area (Å²) < 4.78 is 54.3. The van der Waals surface area contributed by atoms with Crippen molar-refractivity contribution in [2.24, 2.45) is 0 Å². The molecule has 66 heavy (non-hydrogen) atoms. The quantitative estimate of drug-likeness (QED) is 0.0257. The maximum Gasteiger partial charge on any atom is 0.306 e. The Morgan fingerprint density at radius 2 is 0.773 bits per heavy atom. The lowest BCUT2D eigenvalue weighted by Gasteiger charge is -2.40. The Morgan fingerprint density at radius 1 is 0.455 bits per heavy atom. The molecule has 1 aliphatic heterocycles. The molecule has 392 valence electrons. The van der Waals surface area contributed by atoms with Gasteiger partial charge in [-0.1, -0.05) is 245 Å². The zero-order chi connectivity index (χ0) is 48.4. The maximum absolute atomic E-state index is 12.9. The van der Waals surface area contributed by atoms with Crippen LogP contribution in [-0.2, 0) is 38.7 Å². The van der Waals surface area contributed by atoms with Crippen LogP contribution in [-0.4, -0.2) is 96.0 Å². The molecule has 0 bridgehead atoms. The summed E-state index contributed by atoms with van der Waals surface area (Å²) in [4.78, 5) is 25.6. The number of hydrogen-bond acceptors (Lipinski definition) is 11. The Morgan fingerprint density at radius 3 is 1.11 bits per heavy atom. The first kappa shape index (κ1) is 62.7. The highest BCUT2D eigenvalue weighted by atomic mass is 32.2. The molecule has 0 aromatic heterocycles. The summed E-state index contributed by atoms with van der Waals surface area (Å²) in [5.74, 6) is -1.95. The SMILES string of the molecule is CCCCCCCCCCCCCCCCCCCCCCCC(=O)OC(COC(=O)CCCCCCCCCCCCCCCCCCC)COC1OC(CS(=O)(=O)O)C(O)C(O)C1O. The van der Waals surface area contributed by atoms with Gasteiger partial charge in [0.25, 0.3) is 10.1 Å². The lowest BCUT2D eigenvalue weighted by molar-refractivity contribution is -0.297. The molecule has 6 unspecified atom stereocenters. The minimum Gasteiger partial charge on any atom is -0.462 e. The summed E-state index contributed by atoms with van der Waals surface area (Å²) in [6.07, 6.45) is 38.6. The molecular weight excluding hydrogens is 861 g/mol. The summed E-state index contributed by atoms with van der Waals surface area (Å²) >= 11 is 0. The molecule has 1 heterocycles. The van der Waals surface area contributed by atoms with Gasteiger partial charge in [0, 0.05) is 12.8 Å². The third kappa shape index (κ3) is 37.5. The van der Waals surface area contributed by atoms with Gasteiger partial charge in [-0.15, -0.1) is 0 Å². The van der Waals surface area contributed by atoms with Crippen molar-refractivity contribution in [3.05, 3.63) is 0 Å². The normalized spacial score (nSPS) is 19.3.